The third-order valence-corrected chi connectivity index (χ3v) is 4.17. The van der Waals surface area contributed by atoms with E-state index in [1.54, 1.807) is 34.0 Å². The van der Waals surface area contributed by atoms with Crippen molar-refractivity contribution in [1.82, 2.24) is 14.7 Å². The molecule has 120 valence electrons. The molecule has 3 rings (SSSR count). The van der Waals surface area contributed by atoms with Crippen molar-refractivity contribution in [2.75, 3.05) is 13.1 Å². The molecule has 0 unspecified atom stereocenters. The molecule has 2 heterocycles. The van der Waals surface area contributed by atoms with Gasteiger partial charge in [-0.1, -0.05) is 17.7 Å². The Morgan fingerprint density at radius 1 is 1.30 bits per heavy atom. The number of carboxylic acid groups (broad SMARTS) is 1. The number of aromatic nitrogens is 2. The van der Waals surface area contributed by atoms with Gasteiger partial charge in [0.2, 0.25) is 0 Å². The number of rotatable bonds is 3. The Labute approximate surface area is 138 Å². The van der Waals surface area contributed by atoms with Gasteiger partial charge >= 0.3 is 5.97 Å². The van der Waals surface area contributed by atoms with Gasteiger partial charge in [0.15, 0.2) is 5.69 Å². The van der Waals surface area contributed by atoms with Crippen LogP contribution in [0.4, 0.5) is 0 Å². The largest absolute Gasteiger partial charge is 0.481 e. The van der Waals surface area contributed by atoms with Gasteiger partial charge in [0.1, 0.15) is 0 Å². The molecule has 1 aromatic carbocycles. The highest BCUT2D eigenvalue weighted by Gasteiger charge is 2.29. The number of hydrogen-bond acceptors (Lipinski definition) is 3. The standard InChI is InChI=1S/C16H16ClN3O3/c17-12-4-1-5-13(9-12)20-8-6-14(18-20)15(21)19-7-2-3-11(10-19)16(22)23/h1,4-6,8-9,11H,2-3,7,10H2,(H,22,23)/t11-/m0/s1. The SMILES string of the molecule is O=C(O)[C@H]1CCCN(C(=O)c2ccn(-c3cccc(Cl)c3)n2)C1. The highest BCUT2D eigenvalue weighted by molar-refractivity contribution is 6.30. The molecule has 7 heteroatoms. The minimum absolute atomic E-state index is 0.234. The maximum atomic E-state index is 12.5. The van der Waals surface area contributed by atoms with Crippen LogP contribution in [0.1, 0.15) is 23.3 Å². The molecule has 1 aliphatic heterocycles. The average molecular weight is 334 g/mol. The van der Waals surface area contributed by atoms with Crippen molar-refractivity contribution in [3.63, 3.8) is 0 Å². The molecule has 1 aliphatic rings. The molecule has 1 aromatic heterocycles. The zero-order valence-corrected chi connectivity index (χ0v) is 13.1. The summed E-state index contributed by atoms with van der Waals surface area (Å²) in [6.45, 7) is 0.796. The number of carbonyl (C=O) groups excluding carboxylic acids is 1. The van der Waals surface area contributed by atoms with Crippen molar-refractivity contribution in [1.29, 1.82) is 0 Å². The molecule has 0 saturated carbocycles. The van der Waals surface area contributed by atoms with Crippen molar-refractivity contribution < 1.29 is 14.7 Å². The molecule has 0 spiro atoms. The minimum atomic E-state index is -0.855. The van der Waals surface area contributed by atoms with E-state index in [2.05, 4.69) is 5.10 Å². The van der Waals surface area contributed by atoms with Crippen LogP contribution in [-0.2, 0) is 4.79 Å². The fourth-order valence-corrected chi connectivity index (χ4v) is 2.91. The summed E-state index contributed by atoms with van der Waals surface area (Å²) in [4.78, 5) is 25.2. The number of nitrogens with zero attached hydrogens (tertiary/aromatic N) is 3. The van der Waals surface area contributed by atoms with Crippen LogP contribution in [0.2, 0.25) is 5.02 Å². The minimum Gasteiger partial charge on any atom is -0.481 e. The number of likely N-dealkylation sites (tertiary alicyclic amines) is 1. The normalized spacial score (nSPS) is 18.0. The van der Waals surface area contributed by atoms with Crippen LogP contribution >= 0.6 is 11.6 Å². The Kier molecular flexibility index (Phi) is 4.34. The molecule has 1 fully saturated rings. The Morgan fingerprint density at radius 3 is 2.87 bits per heavy atom. The van der Waals surface area contributed by atoms with E-state index in [1.807, 2.05) is 12.1 Å². The molecule has 1 atom stereocenters. The number of amides is 1. The van der Waals surface area contributed by atoms with Gasteiger partial charge in [-0.15, -0.1) is 0 Å². The second kappa shape index (κ2) is 6.42. The second-order valence-electron chi connectivity index (χ2n) is 5.55. The lowest BCUT2D eigenvalue weighted by atomic mass is 9.98. The van der Waals surface area contributed by atoms with Gasteiger partial charge in [0, 0.05) is 24.3 Å². The van der Waals surface area contributed by atoms with Crippen LogP contribution in [0.3, 0.4) is 0 Å². The summed E-state index contributed by atoms with van der Waals surface area (Å²) in [5, 5.41) is 14.0. The number of carbonyl (C=O) groups is 2. The summed E-state index contributed by atoms with van der Waals surface area (Å²) in [7, 11) is 0. The number of hydrogen-bond donors (Lipinski definition) is 1. The van der Waals surface area contributed by atoms with Crippen LogP contribution in [0.5, 0.6) is 0 Å². The number of aliphatic carboxylic acids is 1. The number of carboxylic acids is 1. The first-order valence-corrected chi connectivity index (χ1v) is 7.76. The van der Waals surface area contributed by atoms with Crippen LogP contribution in [0.25, 0.3) is 5.69 Å². The maximum Gasteiger partial charge on any atom is 0.308 e. The summed E-state index contributed by atoms with van der Waals surface area (Å²) >= 11 is 5.96. The Hall–Kier alpha value is -2.34. The molecule has 1 saturated heterocycles. The van der Waals surface area contributed by atoms with E-state index < -0.39 is 11.9 Å². The first-order chi connectivity index (χ1) is 11.0. The van der Waals surface area contributed by atoms with E-state index in [0.29, 0.717) is 30.1 Å². The fourth-order valence-electron chi connectivity index (χ4n) is 2.73. The van der Waals surface area contributed by atoms with Crippen molar-refractivity contribution in [3.8, 4) is 5.69 Å². The predicted octanol–water partition coefficient (Wildman–Crippen LogP) is 2.46. The van der Waals surface area contributed by atoms with Gasteiger partial charge < -0.3 is 10.0 Å². The van der Waals surface area contributed by atoms with Crippen LogP contribution in [-0.4, -0.2) is 44.8 Å². The zero-order valence-electron chi connectivity index (χ0n) is 12.4. The van der Waals surface area contributed by atoms with E-state index in [4.69, 9.17) is 16.7 Å². The summed E-state index contributed by atoms with van der Waals surface area (Å²) in [5.41, 5.74) is 1.06. The zero-order chi connectivity index (χ0) is 16.4. The van der Waals surface area contributed by atoms with E-state index in [1.165, 1.54) is 0 Å². The topological polar surface area (TPSA) is 75.4 Å². The Morgan fingerprint density at radius 2 is 2.13 bits per heavy atom. The lowest BCUT2D eigenvalue weighted by Gasteiger charge is -2.30. The number of benzene rings is 1. The second-order valence-corrected chi connectivity index (χ2v) is 5.99. The van der Waals surface area contributed by atoms with Crippen LogP contribution in [0.15, 0.2) is 36.5 Å². The maximum absolute atomic E-state index is 12.5. The predicted molar refractivity (Wildman–Crippen MR) is 84.8 cm³/mol. The molecule has 1 N–H and O–H groups in total. The smallest absolute Gasteiger partial charge is 0.308 e. The van der Waals surface area contributed by atoms with Gasteiger partial charge in [0.25, 0.3) is 5.91 Å². The first-order valence-electron chi connectivity index (χ1n) is 7.38. The molecule has 0 radical (unpaired) electrons. The number of halogens is 1. The highest BCUT2D eigenvalue weighted by Crippen LogP contribution is 2.19. The molecule has 1 amide bonds. The Bertz CT molecular complexity index is 744. The molecule has 23 heavy (non-hydrogen) atoms. The van der Waals surface area contributed by atoms with Gasteiger partial charge in [-0.25, -0.2) is 4.68 Å². The van der Waals surface area contributed by atoms with Crippen LogP contribution in [0, 0.1) is 5.92 Å². The van der Waals surface area contributed by atoms with E-state index in [9.17, 15) is 9.59 Å². The van der Waals surface area contributed by atoms with Crippen LogP contribution < -0.4 is 0 Å². The summed E-state index contributed by atoms with van der Waals surface area (Å²) in [5.74, 6) is -1.59. The van der Waals surface area contributed by atoms with Gasteiger partial charge in [-0.3, -0.25) is 9.59 Å². The lowest BCUT2D eigenvalue weighted by molar-refractivity contribution is -0.143. The Balaban J connectivity index is 1.77. The molecule has 0 bridgehead atoms. The molecular weight excluding hydrogens is 318 g/mol. The summed E-state index contributed by atoms with van der Waals surface area (Å²) < 4.78 is 1.58. The van der Waals surface area contributed by atoms with E-state index in [0.717, 1.165) is 5.69 Å². The summed E-state index contributed by atoms with van der Waals surface area (Å²) in [6, 6.07) is 8.80. The lowest BCUT2D eigenvalue weighted by Crippen LogP contribution is -2.42. The first kappa shape index (κ1) is 15.6. The van der Waals surface area contributed by atoms with Crippen molar-refractivity contribution in [2.45, 2.75) is 12.8 Å². The van der Waals surface area contributed by atoms with Gasteiger partial charge in [-0.2, -0.15) is 5.10 Å². The molecule has 6 nitrogen and oxygen atoms in total. The van der Waals surface area contributed by atoms with Gasteiger partial charge in [0.05, 0.1) is 11.6 Å². The molecular formula is C16H16ClN3O3. The fraction of sp³-hybridized carbons (Fsp3) is 0.312. The van der Waals surface area contributed by atoms with E-state index >= 15 is 0 Å². The molecule has 2 aromatic rings. The van der Waals surface area contributed by atoms with Gasteiger partial charge in [-0.05, 0) is 37.1 Å². The monoisotopic (exact) mass is 333 g/mol. The average Bonchev–Trinajstić information content (AvgIpc) is 3.04. The van der Waals surface area contributed by atoms with Crippen molar-refractivity contribution in [2.24, 2.45) is 5.92 Å². The number of piperidine rings is 1. The van der Waals surface area contributed by atoms with Crippen molar-refractivity contribution in [3.05, 3.63) is 47.2 Å². The summed E-state index contributed by atoms with van der Waals surface area (Å²) in [6.07, 6.45) is 2.99. The van der Waals surface area contributed by atoms with E-state index in [-0.39, 0.29) is 12.5 Å². The molecule has 0 aliphatic carbocycles. The third kappa shape index (κ3) is 3.37. The van der Waals surface area contributed by atoms with Crippen molar-refractivity contribution >= 4 is 23.5 Å². The quantitative estimate of drug-likeness (QED) is 0.936. The highest BCUT2D eigenvalue weighted by atomic mass is 35.5. The third-order valence-electron chi connectivity index (χ3n) is 3.94.